The highest BCUT2D eigenvalue weighted by atomic mass is 19.1. The summed E-state index contributed by atoms with van der Waals surface area (Å²) in [6, 6.07) is 13.2. The number of ether oxygens (including phenoxy) is 1. The van der Waals surface area contributed by atoms with Crippen LogP contribution in [0.2, 0.25) is 0 Å². The number of nitrogens with one attached hydrogen (secondary N) is 1. The molecule has 2 heterocycles. The fraction of sp³-hybridized carbons (Fsp3) is 0.435. The van der Waals surface area contributed by atoms with E-state index in [4.69, 9.17) is 4.74 Å². The monoisotopic (exact) mass is 382 g/mol. The maximum Gasteiger partial charge on any atom is 0.251 e. The number of fused-ring (bicyclic) bond motifs is 2. The van der Waals surface area contributed by atoms with E-state index in [1.165, 1.54) is 36.1 Å². The molecule has 2 saturated heterocycles. The molecule has 0 aliphatic carbocycles. The molecular weight excluding hydrogens is 355 g/mol. The first kappa shape index (κ1) is 18.9. The Morgan fingerprint density at radius 2 is 1.89 bits per heavy atom. The van der Waals surface area contributed by atoms with Crippen LogP contribution in [-0.4, -0.2) is 36.0 Å². The quantitative estimate of drug-likeness (QED) is 0.848. The number of methoxy groups -OCH3 is 1. The average Bonchev–Trinajstić information content (AvgIpc) is 2.92. The highest BCUT2D eigenvalue weighted by Gasteiger charge is 2.41. The largest absolute Gasteiger partial charge is 0.496 e. The van der Waals surface area contributed by atoms with Crippen LogP contribution in [0, 0.1) is 12.7 Å². The minimum Gasteiger partial charge on any atom is -0.496 e. The smallest absolute Gasteiger partial charge is 0.251 e. The fourth-order valence-electron chi connectivity index (χ4n) is 4.80. The zero-order chi connectivity index (χ0) is 19.7. The molecule has 2 aromatic carbocycles. The summed E-state index contributed by atoms with van der Waals surface area (Å²) in [5.74, 6) is 0.374. The van der Waals surface area contributed by atoms with Gasteiger partial charge in [-0.1, -0.05) is 18.2 Å². The minimum atomic E-state index is -0.379. The number of amides is 1. The maximum absolute atomic E-state index is 13.4. The first-order chi connectivity index (χ1) is 13.5. The van der Waals surface area contributed by atoms with E-state index in [2.05, 4.69) is 29.3 Å². The van der Waals surface area contributed by atoms with E-state index in [-0.39, 0.29) is 17.8 Å². The van der Waals surface area contributed by atoms with Crippen molar-refractivity contribution >= 4 is 5.91 Å². The zero-order valence-electron chi connectivity index (χ0n) is 16.5. The molecule has 2 aromatic rings. The molecule has 2 unspecified atom stereocenters. The Morgan fingerprint density at radius 1 is 1.18 bits per heavy atom. The number of halogens is 1. The molecule has 0 aromatic heterocycles. The minimum absolute atomic E-state index is 0.149. The Morgan fingerprint density at radius 3 is 2.57 bits per heavy atom. The van der Waals surface area contributed by atoms with Crippen molar-refractivity contribution in [3.8, 4) is 5.75 Å². The van der Waals surface area contributed by atoms with Gasteiger partial charge >= 0.3 is 0 Å². The number of hydrogen-bond donors (Lipinski definition) is 1. The summed E-state index contributed by atoms with van der Waals surface area (Å²) in [6.45, 7) is 3.03. The molecule has 4 nitrogen and oxygen atoms in total. The van der Waals surface area contributed by atoms with Crippen LogP contribution in [0.25, 0.3) is 0 Å². The molecule has 2 bridgehead atoms. The number of rotatable bonds is 5. The standard InChI is InChI=1S/C23H27FN2O2/c1-15-17(6-4-8-22(15)28-2)14-26-20-9-10-21(26)13-19(12-20)25-23(27)16-5-3-7-18(24)11-16/h3-8,11,19-21H,9-10,12-14H2,1-2H3,(H,25,27). The fourth-order valence-corrected chi connectivity index (χ4v) is 4.80. The summed E-state index contributed by atoms with van der Waals surface area (Å²) in [6.07, 6.45) is 4.22. The van der Waals surface area contributed by atoms with Crippen LogP contribution in [0.4, 0.5) is 4.39 Å². The molecule has 5 heteroatoms. The molecule has 1 amide bonds. The van der Waals surface area contributed by atoms with E-state index in [0.717, 1.165) is 25.1 Å². The number of hydrogen-bond acceptors (Lipinski definition) is 3. The highest BCUT2D eigenvalue weighted by Crippen LogP contribution is 2.37. The number of nitrogens with zero attached hydrogens (tertiary/aromatic N) is 1. The van der Waals surface area contributed by atoms with Crippen LogP contribution in [0.3, 0.4) is 0 Å². The van der Waals surface area contributed by atoms with Crippen molar-refractivity contribution in [3.05, 3.63) is 65.0 Å². The summed E-state index contributed by atoms with van der Waals surface area (Å²) in [7, 11) is 1.71. The van der Waals surface area contributed by atoms with Crippen LogP contribution in [0.1, 0.15) is 47.2 Å². The van der Waals surface area contributed by atoms with Gasteiger partial charge in [-0.3, -0.25) is 9.69 Å². The summed E-state index contributed by atoms with van der Waals surface area (Å²) >= 11 is 0. The first-order valence-electron chi connectivity index (χ1n) is 10.00. The molecule has 4 rings (SSSR count). The third-order valence-electron chi connectivity index (χ3n) is 6.28. The number of carbonyl (C=O) groups excluding carboxylic acids is 1. The zero-order valence-corrected chi connectivity index (χ0v) is 16.5. The molecule has 2 aliphatic heterocycles. The number of piperidine rings is 1. The van der Waals surface area contributed by atoms with Crippen LogP contribution < -0.4 is 10.1 Å². The molecule has 148 valence electrons. The van der Waals surface area contributed by atoms with Crippen molar-refractivity contribution < 1.29 is 13.9 Å². The van der Waals surface area contributed by atoms with E-state index in [9.17, 15) is 9.18 Å². The Labute approximate surface area is 165 Å². The maximum atomic E-state index is 13.4. The van der Waals surface area contributed by atoms with Crippen molar-refractivity contribution in [3.63, 3.8) is 0 Å². The van der Waals surface area contributed by atoms with Gasteiger partial charge in [-0.2, -0.15) is 0 Å². The van der Waals surface area contributed by atoms with Gasteiger partial charge in [0.05, 0.1) is 7.11 Å². The summed E-state index contributed by atoms with van der Waals surface area (Å²) in [5, 5.41) is 3.12. The molecular formula is C23H27FN2O2. The summed E-state index contributed by atoms with van der Waals surface area (Å²) in [5.41, 5.74) is 2.89. The van der Waals surface area contributed by atoms with Gasteiger partial charge in [0.1, 0.15) is 11.6 Å². The molecule has 28 heavy (non-hydrogen) atoms. The van der Waals surface area contributed by atoms with Gasteiger partial charge < -0.3 is 10.1 Å². The molecule has 2 aliphatic rings. The second-order valence-corrected chi connectivity index (χ2v) is 7.95. The lowest BCUT2D eigenvalue weighted by atomic mass is 9.95. The molecule has 0 radical (unpaired) electrons. The van der Waals surface area contributed by atoms with Gasteiger partial charge in [0.2, 0.25) is 0 Å². The van der Waals surface area contributed by atoms with Crippen molar-refractivity contribution in [1.82, 2.24) is 10.2 Å². The average molecular weight is 382 g/mol. The third kappa shape index (κ3) is 3.76. The van der Waals surface area contributed by atoms with Crippen molar-refractivity contribution in [2.45, 2.75) is 57.3 Å². The number of carbonyl (C=O) groups is 1. The molecule has 2 fully saturated rings. The molecule has 1 N–H and O–H groups in total. The predicted molar refractivity (Wildman–Crippen MR) is 107 cm³/mol. The Balaban J connectivity index is 1.41. The SMILES string of the molecule is COc1cccc(CN2C3CCC2CC(NC(=O)c2cccc(F)c2)C3)c1C. The van der Waals surface area contributed by atoms with Gasteiger partial charge in [0.25, 0.3) is 5.91 Å². The predicted octanol–water partition coefficient (Wildman–Crippen LogP) is 4.07. The van der Waals surface area contributed by atoms with Gasteiger partial charge in [-0.25, -0.2) is 4.39 Å². The van der Waals surface area contributed by atoms with Crippen molar-refractivity contribution in [2.24, 2.45) is 0 Å². The van der Waals surface area contributed by atoms with E-state index >= 15 is 0 Å². The second kappa shape index (κ2) is 7.92. The lowest BCUT2D eigenvalue weighted by molar-refractivity contribution is 0.0826. The van der Waals surface area contributed by atoms with Crippen LogP contribution in [-0.2, 0) is 6.54 Å². The Hall–Kier alpha value is -2.40. The lowest BCUT2D eigenvalue weighted by Gasteiger charge is -2.39. The molecule has 0 spiro atoms. The Bertz CT molecular complexity index is 855. The van der Waals surface area contributed by atoms with E-state index in [1.807, 2.05) is 6.07 Å². The summed E-state index contributed by atoms with van der Waals surface area (Å²) < 4.78 is 18.9. The lowest BCUT2D eigenvalue weighted by Crippen LogP contribution is -2.50. The summed E-state index contributed by atoms with van der Waals surface area (Å²) in [4.78, 5) is 15.1. The van der Waals surface area contributed by atoms with Gasteiger partial charge in [-0.05, 0) is 68.0 Å². The first-order valence-corrected chi connectivity index (χ1v) is 10.00. The third-order valence-corrected chi connectivity index (χ3v) is 6.28. The molecule has 0 saturated carbocycles. The van der Waals surface area contributed by atoms with Crippen molar-refractivity contribution in [1.29, 1.82) is 0 Å². The van der Waals surface area contributed by atoms with Gasteiger partial charge in [0, 0.05) is 30.2 Å². The van der Waals surface area contributed by atoms with Crippen molar-refractivity contribution in [2.75, 3.05) is 7.11 Å². The second-order valence-electron chi connectivity index (χ2n) is 7.95. The normalized spacial score (nSPS) is 24.2. The molecule has 2 atom stereocenters. The van der Waals surface area contributed by atoms with Crippen LogP contribution in [0.15, 0.2) is 42.5 Å². The van der Waals surface area contributed by atoms with Gasteiger partial charge in [-0.15, -0.1) is 0 Å². The highest BCUT2D eigenvalue weighted by molar-refractivity contribution is 5.94. The Kier molecular flexibility index (Phi) is 5.36. The van der Waals surface area contributed by atoms with E-state index in [1.54, 1.807) is 19.2 Å². The van der Waals surface area contributed by atoms with E-state index in [0.29, 0.717) is 17.6 Å². The van der Waals surface area contributed by atoms with E-state index < -0.39 is 0 Å². The topological polar surface area (TPSA) is 41.6 Å². The van der Waals surface area contributed by atoms with Gasteiger partial charge in [0.15, 0.2) is 0 Å². The number of benzene rings is 2. The van der Waals surface area contributed by atoms with Crippen LogP contribution >= 0.6 is 0 Å². The van der Waals surface area contributed by atoms with Crippen LogP contribution in [0.5, 0.6) is 5.75 Å².